The molecule has 0 aliphatic carbocycles. The van der Waals surface area contributed by atoms with Crippen LogP contribution in [0, 0.1) is 0 Å². The third kappa shape index (κ3) is 2.66. The Morgan fingerprint density at radius 2 is 2.16 bits per heavy atom. The van der Waals surface area contributed by atoms with Crippen molar-refractivity contribution < 1.29 is 22.3 Å². The molecule has 2 rings (SSSR count). The van der Waals surface area contributed by atoms with Crippen LogP contribution in [-0.2, 0) is 0 Å². The van der Waals surface area contributed by atoms with Crippen LogP contribution in [0.4, 0.5) is 23.5 Å². The summed E-state index contributed by atoms with van der Waals surface area (Å²) in [6.07, 6.45) is -2.55. The van der Waals surface area contributed by atoms with Gasteiger partial charge in [-0.1, -0.05) is 0 Å². The van der Waals surface area contributed by atoms with E-state index in [1.54, 1.807) is 0 Å². The van der Waals surface area contributed by atoms with Gasteiger partial charge in [0.1, 0.15) is 5.39 Å². The van der Waals surface area contributed by atoms with Crippen molar-refractivity contribution in [1.82, 2.24) is 20.2 Å². The average molecular weight is 279 g/mol. The fraction of sp³-hybridized carbons (Fsp3) is 0.444. The van der Waals surface area contributed by atoms with Crippen LogP contribution in [0.5, 0.6) is 5.88 Å². The molecule has 0 amide bonds. The quantitative estimate of drug-likeness (QED) is 0.814. The maximum Gasteiger partial charge on any atom is 0.340 e. The second-order valence-electron chi connectivity index (χ2n) is 3.59. The number of nitrogens with one attached hydrogen (secondary N) is 2. The zero-order chi connectivity index (χ0) is 14.0. The molecule has 0 saturated carbocycles. The van der Waals surface area contributed by atoms with Crippen molar-refractivity contribution in [2.75, 3.05) is 19.0 Å². The van der Waals surface area contributed by atoms with Crippen molar-refractivity contribution >= 4 is 17.0 Å². The molecule has 0 bridgehead atoms. The summed E-state index contributed by atoms with van der Waals surface area (Å²) in [6.45, 7) is -1.48. The SMILES string of the molecule is CNc1nc(OCC(F)(F)C(F)F)c2cn[nH]c2n1. The summed E-state index contributed by atoms with van der Waals surface area (Å²) >= 11 is 0. The third-order valence-corrected chi connectivity index (χ3v) is 2.22. The van der Waals surface area contributed by atoms with Gasteiger partial charge in [0.25, 0.3) is 0 Å². The highest BCUT2D eigenvalue weighted by Crippen LogP contribution is 2.27. The van der Waals surface area contributed by atoms with Crippen LogP contribution in [0.1, 0.15) is 0 Å². The second-order valence-corrected chi connectivity index (χ2v) is 3.59. The molecule has 2 heterocycles. The molecule has 19 heavy (non-hydrogen) atoms. The van der Waals surface area contributed by atoms with Gasteiger partial charge in [-0.05, 0) is 0 Å². The maximum atomic E-state index is 12.8. The van der Waals surface area contributed by atoms with Gasteiger partial charge in [-0.15, -0.1) is 0 Å². The van der Waals surface area contributed by atoms with Crippen molar-refractivity contribution in [3.8, 4) is 5.88 Å². The van der Waals surface area contributed by atoms with Gasteiger partial charge in [0.15, 0.2) is 12.3 Å². The topological polar surface area (TPSA) is 75.7 Å². The van der Waals surface area contributed by atoms with Crippen LogP contribution in [0.15, 0.2) is 6.20 Å². The molecule has 0 atom stereocenters. The van der Waals surface area contributed by atoms with Gasteiger partial charge in [0, 0.05) is 7.05 Å². The summed E-state index contributed by atoms with van der Waals surface area (Å²) in [5.74, 6) is -4.41. The highest BCUT2D eigenvalue weighted by Gasteiger charge is 2.42. The lowest BCUT2D eigenvalue weighted by Gasteiger charge is -2.15. The lowest BCUT2D eigenvalue weighted by molar-refractivity contribution is -0.148. The maximum absolute atomic E-state index is 12.8. The number of ether oxygens (including phenoxy) is 1. The summed E-state index contributed by atoms with van der Waals surface area (Å²) in [5.41, 5.74) is 0.245. The van der Waals surface area contributed by atoms with Crippen molar-refractivity contribution in [3.63, 3.8) is 0 Å². The summed E-state index contributed by atoms with van der Waals surface area (Å²) < 4.78 is 54.3. The number of hydrogen-bond donors (Lipinski definition) is 2. The van der Waals surface area contributed by atoms with E-state index in [4.69, 9.17) is 0 Å². The molecule has 0 unspecified atom stereocenters. The van der Waals surface area contributed by atoms with Crippen LogP contribution < -0.4 is 10.1 Å². The molecule has 0 spiro atoms. The monoisotopic (exact) mass is 279 g/mol. The Labute approximate surface area is 104 Å². The smallest absolute Gasteiger partial charge is 0.340 e. The van der Waals surface area contributed by atoms with Crippen LogP contribution in [0.25, 0.3) is 11.0 Å². The average Bonchev–Trinajstić information content (AvgIpc) is 2.83. The first kappa shape index (κ1) is 13.3. The van der Waals surface area contributed by atoms with Gasteiger partial charge < -0.3 is 10.1 Å². The van der Waals surface area contributed by atoms with Gasteiger partial charge in [-0.25, -0.2) is 8.78 Å². The first-order valence-corrected chi connectivity index (χ1v) is 5.11. The van der Waals surface area contributed by atoms with E-state index in [0.717, 1.165) is 0 Å². The summed E-state index contributed by atoms with van der Waals surface area (Å²) in [7, 11) is 1.51. The molecule has 10 heteroatoms. The van der Waals surface area contributed by atoms with Crippen LogP contribution in [0.3, 0.4) is 0 Å². The van der Waals surface area contributed by atoms with E-state index in [0.29, 0.717) is 0 Å². The van der Waals surface area contributed by atoms with Crippen LogP contribution >= 0.6 is 0 Å². The van der Waals surface area contributed by atoms with Gasteiger partial charge in [0.05, 0.1) is 6.20 Å². The zero-order valence-corrected chi connectivity index (χ0v) is 9.62. The molecule has 0 fully saturated rings. The minimum absolute atomic E-state index is 0.0899. The Bertz CT molecular complexity index is 573. The van der Waals surface area contributed by atoms with E-state index in [1.807, 2.05) is 0 Å². The van der Waals surface area contributed by atoms with E-state index in [1.165, 1.54) is 13.2 Å². The number of fused-ring (bicyclic) bond motifs is 1. The predicted molar refractivity (Wildman–Crippen MR) is 57.7 cm³/mol. The van der Waals surface area contributed by atoms with Gasteiger partial charge in [-0.2, -0.15) is 23.8 Å². The molecule has 104 valence electrons. The number of anilines is 1. The summed E-state index contributed by atoms with van der Waals surface area (Å²) in [4.78, 5) is 7.71. The normalized spacial score (nSPS) is 12.1. The third-order valence-electron chi connectivity index (χ3n) is 2.22. The van der Waals surface area contributed by atoms with E-state index < -0.39 is 19.0 Å². The van der Waals surface area contributed by atoms with E-state index in [2.05, 4.69) is 30.2 Å². The van der Waals surface area contributed by atoms with Gasteiger partial charge in [-0.3, -0.25) is 5.10 Å². The molecule has 6 nitrogen and oxygen atoms in total. The number of nitrogens with zero attached hydrogens (tertiary/aromatic N) is 3. The zero-order valence-electron chi connectivity index (χ0n) is 9.62. The van der Waals surface area contributed by atoms with Crippen molar-refractivity contribution in [1.29, 1.82) is 0 Å². The summed E-state index contributed by atoms with van der Waals surface area (Å²) in [5, 5.41) is 8.95. The Hall–Kier alpha value is -2.13. The second kappa shape index (κ2) is 4.86. The number of H-pyrrole nitrogens is 1. The standard InChI is InChI=1S/C9H9F4N5O/c1-14-8-16-5-4(2-15-18-5)6(17-8)19-3-9(12,13)7(10)11/h2,7H,3H2,1H3,(H2,14,15,16,17,18). The Morgan fingerprint density at radius 3 is 2.79 bits per heavy atom. The van der Waals surface area contributed by atoms with Gasteiger partial charge >= 0.3 is 12.3 Å². The fourth-order valence-corrected chi connectivity index (χ4v) is 1.26. The molecule has 0 aliphatic rings. The number of rotatable bonds is 5. The molecule has 2 aromatic heterocycles. The highest BCUT2D eigenvalue weighted by atomic mass is 19.3. The summed E-state index contributed by atoms with van der Waals surface area (Å²) in [6, 6.07) is 0. The Morgan fingerprint density at radius 1 is 1.42 bits per heavy atom. The van der Waals surface area contributed by atoms with E-state index in [9.17, 15) is 17.6 Å². The number of halogens is 4. The minimum Gasteiger partial charge on any atom is -0.470 e. The first-order valence-electron chi connectivity index (χ1n) is 5.11. The molecular formula is C9H9F4N5O. The van der Waals surface area contributed by atoms with E-state index >= 15 is 0 Å². The largest absolute Gasteiger partial charge is 0.470 e. The lowest BCUT2D eigenvalue weighted by atomic mass is 10.4. The predicted octanol–water partition coefficient (Wildman–Crippen LogP) is 1.67. The first-order chi connectivity index (χ1) is 8.94. The Balaban J connectivity index is 2.27. The van der Waals surface area contributed by atoms with Crippen LogP contribution in [-0.4, -0.2) is 46.2 Å². The number of hydrogen-bond acceptors (Lipinski definition) is 5. The molecule has 0 radical (unpaired) electrons. The number of aromatic amines is 1. The molecular weight excluding hydrogens is 270 g/mol. The fourth-order valence-electron chi connectivity index (χ4n) is 1.26. The minimum atomic E-state index is -4.25. The van der Waals surface area contributed by atoms with Crippen molar-refractivity contribution in [3.05, 3.63) is 6.20 Å². The molecule has 2 N–H and O–H groups in total. The molecule has 2 aromatic rings. The Kier molecular flexibility index (Phi) is 3.40. The number of alkyl halides is 4. The van der Waals surface area contributed by atoms with E-state index in [-0.39, 0.29) is 22.9 Å². The highest BCUT2D eigenvalue weighted by molar-refractivity contribution is 5.80. The number of aromatic nitrogens is 4. The van der Waals surface area contributed by atoms with Crippen molar-refractivity contribution in [2.24, 2.45) is 0 Å². The van der Waals surface area contributed by atoms with Gasteiger partial charge in [0.2, 0.25) is 11.8 Å². The molecule has 0 aromatic carbocycles. The van der Waals surface area contributed by atoms with Crippen molar-refractivity contribution in [2.45, 2.75) is 12.3 Å². The lowest BCUT2D eigenvalue weighted by Crippen LogP contribution is -2.34. The van der Waals surface area contributed by atoms with Crippen LogP contribution in [0.2, 0.25) is 0 Å². The molecule has 0 saturated heterocycles. The molecule has 0 aliphatic heterocycles.